The SMILES string of the molecule is CC(C)Cc1ccc(C(N)COC2CCCC2)cc1. The van der Waals surface area contributed by atoms with Crippen molar-refractivity contribution in [3.63, 3.8) is 0 Å². The topological polar surface area (TPSA) is 35.2 Å². The second-order valence-corrected chi connectivity index (χ2v) is 6.19. The van der Waals surface area contributed by atoms with Crippen molar-refractivity contribution in [1.29, 1.82) is 0 Å². The fraction of sp³-hybridized carbons (Fsp3) is 0.647. The Morgan fingerprint density at radius 3 is 2.37 bits per heavy atom. The van der Waals surface area contributed by atoms with Crippen LogP contribution < -0.4 is 5.73 Å². The summed E-state index contributed by atoms with van der Waals surface area (Å²) in [5.74, 6) is 0.699. The van der Waals surface area contributed by atoms with E-state index in [0.29, 0.717) is 18.6 Å². The fourth-order valence-electron chi connectivity index (χ4n) is 2.76. The van der Waals surface area contributed by atoms with E-state index in [9.17, 15) is 0 Å². The first-order chi connectivity index (χ1) is 9.15. The second-order valence-electron chi connectivity index (χ2n) is 6.19. The minimum Gasteiger partial charge on any atom is -0.376 e. The molecule has 1 fully saturated rings. The Hall–Kier alpha value is -0.860. The van der Waals surface area contributed by atoms with Gasteiger partial charge in [0.1, 0.15) is 0 Å². The summed E-state index contributed by atoms with van der Waals surface area (Å²) in [6.45, 7) is 5.14. The highest BCUT2D eigenvalue weighted by atomic mass is 16.5. The first kappa shape index (κ1) is 14.5. The Bertz CT molecular complexity index is 365. The van der Waals surface area contributed by atoms with Gasteiger partial charge in [-0.05, 0) is 36.3 Å². The van der Waals surface area contributed by atoms with Crippen molar-refractivity contribution in [1.82, 2.24) is 0 Å². The predicted molar refractivity (Wildman–Crippen MR) is 80.1 cm³/mol. The standard InChI is InChI=1S/C17H27NO/c1-13(2)11-14-7-9-15(10-8-14)17(18)12-19-16-5-3-4-6-16/h7-10,13,16-17H,3-6,11-12,18H2,1-2H3. The molecule has 0 radical (unpaired) electrons. The van der Waals surface area contributed by atoms with Crippen LogP contribution in [0.3, 0.4) is 0 Å². The van der Waals surface area contributed by atoms with Gasteiger partial charge in [0.05, 0.1) is 18.8 Å². The van der Waals surface area contributed by atoms with E-state index in [2.05, 4.69) is 38.1 Å². The van der Waals surface area contributed by atoms with Gasteiger partial charge < -0.3 is 10.5 Å². The van der Waals surface area contributed by atoms with Crippen LogP contribution in [0.15, 0.2) is 24.3 Å². The zero-order chi connectivity index (χ0) is 13.7. The van der Waals surface area contributed by atoms with Crippen molar-refractivity contribution in [2.45, 2.75) is 58.1 Å². The molecule has 0 aliphatic heterocycles. The van der Waals surface area contributed by atoms with Crippen LogP contribution in [0, 0.1) is 5.92 Å². The molecule has 0 bridgehead atoms. The molecule has 1 aromatic carbocycles. The third-order valence-electron chi connectivity index (χ3n) is 3.87. The lowest BCUT2D eigenvalue weighted by molar-refractivity contribution is 0.0489. The van der Waals surface area contributed by atoms with Gasteiger partial charge in [-0.25, -0.2) is 0 Å². The largest absolute Gasteiger partial charge is 0.376 e. The van der Waals surface area contributed by atoms with Gasteiger partial charge in [-0.15, -0.1) is 0 Å². The van der Waals surface area contributed by atoms with Crippen LogP contribution in [-0.2, 0) is 11.2 Å². The molecule has 0 spiro atoms. The van der Waals surface area contributed by atoms with E-state index in [-0.39, 0.29) is 6.04 Å². The van der Waals surface area contributed by atoms with Crippen molar-refractivity contribution in [2.24, 2.45) is 11.7 Å². The number of nitrogens with two attached hydrogens (primary N) is 1. The van der Waals surface area contributed by atoms with Gasteiger partial charge in [-0.2, -0.15) is 0 Å². The lowest BCUT2D eigenvalue weighted by atomic mass is 10.00. The zero-order valence-electron chi connectivity index (χ0n) is 12.3. The third-order valence-corrected chi connectivity index (χ3v) is 3.87. The highest BCUT2D eigenvalue weighted by Crippen LogP contribution is 2.22. The second kappa shape index (κ2) is 7.06. The van der Waals surface area contributed by atoms with Crippen molar-refractivity contribution in [3.8, 4) is 0 Å². The molecule has 19 heavy (non-hydrogen) atoms. The van der Waals surface area contributed by atoms with Crippen molar-refractivity contribution >= 4 is 0 Å². The summed E-state index contributed by atoms with van der Waals surface area (Å²) in [6, 6.07) is 8.71. The maximum absolute atomic E-state index is 6.20. The molecule has 1 aliphatic rings. The first-order valence-corrected chi connectivity index (χ1v) is 7.61. The summed E-state index contributed by atoms with van der Waals surface area (Å²) in [7, 11) is 0. The Labute approximate surface area is 117 Å². The molecule has 1 aromatic rings. The summed E-state index contributed by atoms with van der Waals surface area (Å²) in [4.78, 5) is 0. The predicted octanol–water partition coefficient (Wildman–Crippen LogP) is 3.84. The highest BCUT2D eigenvalue weighted by molar-refractivity contribution is 5.25. The van der Waals surface area contributed by atoms with E-state index in [1.807, 2.05) is 0 Å². The molecule has 106 valence electrons. The van der Waals surface area contributed by atoms with Crippen LogP contribution in [-0.4, -0.2) is 12.7 Å². The maximum Gasteiger partial charge on any atom is 0.0663 e. The summed E-state index contributed by atoms with van der Waals surface area (Å²) in [6.07, 6.45) is 6.62. The molecule has 0 saturated heterocycles. The Kier molecular flexibility index (Phi) is 5.41. The van der Waals surface area contributed by atoms with E-state index in [1.165, 1.54) is 36.8 Å². The molecular formula is C17H27NO. The van der Waals surface area contributed by atoms with Crippen molar-refractivity contribution in [3.05, 3.63) is 35.4 Å². The average molecular weight is 261 g/mol. The van der Waals surface area contributed by atoms with Crippen LogP contribution in [0.25, 0.3) is 0 Å². The van der Waals surface area contributed by atoms with E-state index < -0.39 is 0 Å². The monoisotopic (exact) mass is 261 g/mol. The maximum atomic E-state index is 6.20. The smallest absolute Gasteiger partial charge is 0.0663 e. The fourth-order valence-corrected chi connectivity index (χ4v) is 2.76. The Morgan fingerprint density at radius 1 is 1.16 bits per heavy atom. The van der Waals surface area contributed by atoms with Gasteiger partial charge in [0.15, 0.2) is 0 Å². The van der Waals surface area contributed by atoms with E-state index in [4.69, 9.17) is 10.5 Å². The molecular weight excluding hydrogens is 234 g/mol. The molecule has 0 aromatic heterocycles. The number of hydrogen-bond acceptors (Lipinski definition) is 2. The van der Waals surface area contributed by atoms with Crippen molar-refractivity contribution in [2.75, 3.05) is 6.61 Å². The first-order valence-electron chi connectivity index (χ1n) is 7.61. The molecule has 1 unspecified atom stereocenters. The molecule has 1 aliphatic carbocycles. The Balaban J connectivity index is 1.82. The summed E-state index contributed by atoms with van der Waals surface area (Å²) < 4.78 is 5.89. The molecule has 1 saturated carbocycles. The normalized spacial score (nSPS) is 18.1. The van der Waals surface area contributed by atoms with Crippen LogP contribution >= 0.6 is 0 Å². The molecule has 0 amide bonds. The number of ether oxygens (including phenoxy) is 1. The van der Waals surface area contributed by atoms with Gasteiger partial charge in [0.2, 0.25) is 0 Å². The molecule has 2 nitrogen and oxygen atoms in total. The number of hydrogen-bond donors (Lipinski definition) is 1. The Morgan fingerprint density at radius 2 is 1.79 bits per heavy atom. The minimum atomic E-state index is 0.00806. The van der Waals surface area contributed by atoms with E-state index >= 15 is 0 Å². The number of benzene rings is 1. The minimum absolute atomic E-state index is 0.00806. The molecule has 2 heteroatoms. The average Bonchev–Trinajstić information content (AvgIpc) is 2.89. The van der Waals surface area contributed by atoms with Gasteiger partial charge in [0.25, 0.3) is 0 Å². The summed E-state index contributed by atoms with van der Waals surface area (Å²) >= 11 is 0. The van der Waals surface area contributed by atoms with Crippen LogP contribution in [0.5, 0.6) is 0 Å². The van der Waals surface area contributed by atoms with Crippen LogP contribution in [0.4, 0.5) is 0 Å². The van der Waals surface area contributed by atoms with Gasteiger partial charge in [0, 0.05) is 0 Å². The third kappa shape index (κ3) is 4.63. The quantitative estimate of drug-likeness (QED) is 0.844. The lowest BCUT2D eigenvalue weighted by Crippen LogP contribution is -2.20. The van der Waals surface area contributed by atoms with E-state index in [0.717, 1.165) is 6.42 Å². The van der Waals surface area contributed by atoms with E-state index in [1.54, 1.807) is 0 Å². The molecule has 2 rings (SSSR count). The van der Waals surface area contributed by atoms with Crippen LogP contribution in [0.1, 0.15) is 56.7 Å². The van der Waals surface area contributed by atoms with Gasteiger partial charge in [-0.1, -0.05) is 51.0 Å². The van der Waals surface area contributed by atoms with Gasteiger partial charge in [-0.3, -0.25) is 0 Å². The molecule has 0 heterocycles. The summed E-state index contributed by atoms with van der Waals surface area (Å²) in [5, 5.41) is 0. The highest BCUT2D eigenvalue weighted by Gasteiger charge is 2.17. The van der Waals surface area contributed by atoms with Crippen LogP contribution in [0.2, 0.25) is 0 Å². The molecule has 1 atom stereocenters. The number of rotatable bonds is 6. The summed E-state index contributed by atoms with van der Waals surface area (Å²) in [5.41, 5.74) is 8.78. The molecule has 2 N–H and O–H groups in total. The van der Waals surface area contributed by atoms with Gasteiger partial charge >= 0.3 is 0 Å². The lowest BCUT2D eigenvalue weighted by Gasteiger charge is -2.17. The van der Waals surface area contributed by atoms with Crippen molar-refractivity contribution < 1.29 is 4.74 Å². The zero-order valence-corrected chi connectivity index (χ0v) is 12.3.